The van der Waals surface area contributed by atoms with Gasteiger partial charge in [0.2, 0.25) is 0 Å². The summed E-state index contributed by atoms with van der Waals surface area (Å²) in [7, 11) is 1.40. The summed E-state index contributed by atoms with van der Waals surface area (Å²) in [6.45, 7) is 0.683. The first-order chi connectivity index (χ1) is 13.0. The molecule has 0 amide bonds. The number of hydrogen-bond acceptors (Lipinski definition) is 3. The summed E-state index contributed by atoms with van der Waals surface area (Å²) in [6, 6.07) is 10.8. The van der Waals surface area contributed by atoms with Crippen molar-refractivity contribution in [1.82, 2.24) is 4.57 Å². The minimum Gasteiger partial charge on any atom is -0.469 e. The van der Waals surface area contributed by atoms with Crippen LogP contribution in [-0.4, -0.2) is 17.6 Å². The van der Waals surface area contributed by atoms with Gasteiger partial charge in [0, 0.05) is 42.8 Å². The molecule has 0 aliphatic carbocycles. The Hall–Kier alpha value is -1.50. The lowest BCUT2D eigenvalue weighted by Gasteiger charge is -2.11. The number of aromatic nitrogens is 1. The van der Waals surface area contributed by atoms with Crippen molar-refractivity contribution in [3.05, 3.63) is 57.4 Å². The normalized spacial score (nSPS) is 15.9. The largest absolute Gasteiger partial charge is 0.469 e. The third-order valence-electron chi connectivity index (χ3n) is 4.86. The molecule has 1 aliphatic rings. The van der Waals surface area contributed by atoms with Crippen molar-refractivity contribution in [1.29, 1.82) is 0 Å². The summed E-state index contributed by atoms with van der Waals surface area (Å²) in [5.41, 5.74) is 1.59. The number of fused-ring (bicyclic) bond motifs is 3. The zero-order chi connectivity index (χ0) is 19.1. The van der Waals surface area contributed by atoms with E-state index in [0.717, 1.165) is 31.8 Å². The number of carbonyl (C=O) groups is 1. The minimum atomic E-state index is -0.254. The number of nitrogens with zero attached hydrogens (tertiary/aromatic N) is 1. The van der Waals surface area contributed by atoms with Crippen molar-refractivity contribution in [2.45, 2.75) is 35.1 Å². The van der Waals surface area contributed by atoms with Crippen LogP contribution in [0.5, 0.6) is 0 Å². The Balaban J connectivity index is 1.90. The van der Waals surface area contributed by atoms with E-state index in [0.29, 0.717) is 23.5 Å². The molecule has 0 spiro atoms. The van der Waals surface area contributed by atoms with Crippen molar-refractivity contribution in [3.63, 3.8) is 0 Å². The second-order valence-electron chi connectivity index (χ2n) is 6.44. The molecular formula is C20H16BrClFNO2S. The molecule has 1 aromatic heterocycles. The molecule has 27 heavy (non-hydrogen) atoms. The average molecular weight is 469 g/mol. The molecule has 2 aromatic carbocycles. The molecule has 1 atom stereocenters. The standard InChI is InChI=1S/C20H16BrClFNO2S/c1-26-16(25)10-11-8-9-24-18(11)20(27-13-4-2-12(22)3-5-13)17-14(21)6-7-15(23)19(17)24/h2-7,11H,8-10H2,1H3. The summed E-state index contributed by atoms with van der Waals surface area (Å²) in [4.78, 5) is 13.9. The van der Waals surface area contributed by atoms with Crippen molar-refractivity contribution in [2.24, 2.45) is 0 Å². The van der Waals surface area contributed by atoms with Gasteiger partial charge in [-0.15, -0.1) is 0 Å². The van der Waals surface area contributed by atoms with Gasteiger partial charge in [-0.3, -0.25) is 4.79 Å². The van der Waals surface area contributed by atoms with Gasteiger partial charge in [-0.25, -0.2) is 4.39 Å². The molecule has 7 heteroatoms. The zero-order valence-electron chi connectivity index (χ0n) is 14.5. The third-order valence-corrected chi connectivity index (χ3v) is 6.90. The Bertz CT molecular complexity index is 1030. The van der Waals surface area contributed by atoms with Gasteiger partial charge in [-0.2, -0.15) is 0 Å². The number of methoxy groups -OCH3 is 1. The van der Waals surface area contributed by atoms with Crippen LogP contribution in [0.15, 0.2) is 50.7 Å². The predicted molar refractivity (Wildman–Crippen MR) is 109 cm³/mol. The molecule has 0 N–H and O–H groups in total. The Kier molecular flexibility index (Phi) is 5.23. The van der Waals surface area contributed by atoms with Crippen LogP contribution in [0, 0.1) is 5.82 Å². The third kappa shape index (κ3) is 3.39. The van der Waals surface area contributed by atoms with Crippen LogP contribution in [0.2, 0.25) is 5.02 Å². The lowest BCUT2D eigenvalue weighted by atomic mass is 10.00. The summed E-state index contributed by atoms with van der Waals surface area (Å²) in [5.74, 6) is -0.497. The van der Waals surface area contributed by atoms with E-state index in [9.17, 15) is 9.18 Å². The van der Waals surface area contributed by atoms with Crippen molar-refractivity contribution < 1.29 is 13.9 Å². The highest BCUT2D eigenvalue weighted by molar-refractivity contribution is 9.10. The molecule has 0 saturated carbocycles. The molecule has 140 valence electrons. The first-order valence-corrected chi connectivity index (χ1v) is 10.5. The number of carbonyl (C=O) groups excluding carboxylic acids is 1. The first-order valence-electron chi connectivity index (χ1n) is 8.50. The molecule has 0 bridgehead atoms. The SMILES string of the molecule is COC(=O)CC1CCn2c1c(Sc1ccc(Cl)cc1)c1c(Br)ccc(F)c12. The van der Waals surface area contributed by atoms with Gasteiger partial charge in [0.15, 0.2) is 0 Å². The molecule has 1 aliphatic heterocycles. The van der Waals surface area contributed by atoms with Crippen LogP contribution in [0.1, 0.15) is 24.5 Å². The van der Waals surface area contributed by atoms with E-state index in [1.165, 1.54) is 13.2 Å². The van der Waals surface area contributed by atoms with Crippen LogP contribution in [-0.2, 0) is 16.1 Å². The Morgan fingerprint density at radius 1 is 1.33 bits per heavy atom. The maximum absolute atomic E-state index is 14.7. The predicted octanol–water partition coefficient (Wildman–Crippen LogP) is 6.40. The number of rotatable bonds is 4. The molecule has 2 heterocycles. The van der Waals surface area contributed by atoms with E-state index < -0.39 is 0 Å². The van der Waals surface area contributed by atoms with Crippen molar-refractivity contribution >= 4 is 56.2 Å². The highest BCUT2D eigenvalue weighted by atomic mass is 79.9. The number of halogens is 3. The topological polar surface area (TPSA) is 31.2 Å². The monoisotopic (exact) mass is 467 g/mol. The van der Waals surface area contributed by atoms with E-state index in [4.69, 9.17) is 16.3 Å². The van der Waals surface area contributed by atoms with Gasteiger partial charge in [-0.05, 0) is 42.8 Å². The second kappa shape index (κ2) is 7.49. The average Bonchev–Trinajstić information content (AvgIpc) is 3.20. The zero-order valence-corrected chi connectivity index (χ0v) is 17.6. The smallest absolute Gasteiger partial charge is 0.306 e. The molecule has 1 unspecified atom stereocenters. The Labute approximate surface area is 174 Å². The fourth-order valence-corrected chi connectivity index (χ4v) is 5.63. The van der Waals surface area contributed by atoms with Crippen LogP contribution in [0.3, 0.4) is 0 Å². The number of benzene rings is 2. The van der Waals surface area contributed by atoms with Gasteiger partial charge in [0.05, 0.1) is 19.0 Å². The highest BCUT2D eigenvalue weighted by Gasteiger charge is 2.33. The summed E-state index contributed by atoms with van der Waals surface area (Å²) >= 11 is 11.2. The molecule has 0 radical (unpaired) electrons. The van der Waals surface area contributed by atoms with Crippen LogP contribution >= 0.6 is 39.3 Å². The number of esters is 1. The summed E-state index contributed by atoms with van der Waals surface area (Å²) < 4.78 is 22.4. The number of hydrogen-bond donors (Lipinski definition) is 0. The molecular weight excluding hydrogens is 453 g/mol. The quantitative estimate of drug-likeness (QED) is 0.415. The van der Waals surface area contributed by atoms with Gasteiger partial charge >= 0.3 is 5.97 Å². The van der Waals surface area contributed by atoms with Crippen molar-refractivity contribution in [2.75, 3.05) is 7.11 Å². The molecule has 0 fully saturated rings. The van der Waals surface area contributed by atoms with E-state index in [1.807, 2.05) is 28.8 Å². The van der Waals surface area contributed by atoms with Crippen LogP contribution in [0.4, 0.5) is 4.39 Å². The highest BCUT2D eigenvalue weighted by Crippen LogP contribution is 2.49. The Morgan fingerprint density at radius 3 is 2.78 bits per heavy atom. The molecule has 3 aromatic rings. The van der Waals surface area contributed by atoms with Gasteiger partial charge in [0.25, 0.3) is 0 Å². The minimum absolute atomic E-state index is 0.00551. The molecule has 4 rings (SSSR count). The summed E-state index contributed by atoms with van der Waals surface area (Å²) in [6.07, 6.45) is 1.08. The maximum Gasteiger partial charge on any atom is 0.306 e. The first kappa shape index (κ1) is 18.8. The second-order valence-corrected chi connectivity index (χ2v) is 8.82. The van der Waals surface area contributed by atoms with Crippen LogP contribution < -0.4 is 0 Å². The van der Waals surface area contributed by atoms with E-state index in [1.54, 1.807) is 17.8 Å². The van der Waals surface area contributed by atoms with Crippen molar-refractivity contribution in [3.8, 4) is 0 Å². The fourth-order valence-electron chi connectivity index (χ4n) is 3.66. The molecule has 3 nitrogen and oxygen atoms in total. The lowest BCUT2D eigenvalue weighted by molar-refractivity contribution is -0.141. The maximum atomic E-state index is 14.7. The van der Waals surface area contributed by atoms with E-state index in [-0.39, 0.29) is 17.7 Å². The Morgan fingerprint density at radius 2 is 2.07 bits per heavy atom. The summed E-state index contributed by atoms with van der Waals surface area (Å²) in [5, 5.41) is 1.52. The van der Waals surface area contributed by atoms with Gasteiger partial charge < -0.3 is 9.30 Å². The molecule has 0 saturated heterocycles. The number of aryl methyl sites for hydroxylation is 1. The van der Waals surface area contributed by atoms with E-state index >= 15 is 0 Å². The lowest BCUT2D eigenvalue weighted by Crippen LogP contribution is -2.07. The van der Waals surface area contributed by atoms with Gasteiger partial charge in [0.1, 0.15) is 5.82 Å². The van der Waals surface area contributed by atoms with E-state index in [2.05, 4.69) is 15.9 Å². The van der Waals surface area contributed by atoms with Crippen LogP contribution in [0.25, 0.3) is 10.9 Å². The number of ether oxygens (including phenoxy) is 1. The van der Waals surface area contributed by atoms with Gasteiger partial charge in [-0.1, -0.05) is 39.3 Å². The fraction of sp³-hybridized carbons (Fsp3) is 0.250.